The summed E-state index contributed by atoms with van der Waals surface area (Å²) in [5, 5.41) is 119. The maximum absolute atomic E-state index is 13.1. The maximum Gasteiger partial charge on any atom is 0.220 e. The van der Waals surface area contributed by atoms with Gasteiger partial charge in [0.15, 0.2) is 18.9 Å². The van der Waals surface area contributed by atoms with Gasteiger partial charge in [-0.2, -0.15) is 0 Å². The summed E-state index contributed by atoms with van der Waals surface area (Å²) in [5.74, 6) is -0.290. The van der Waals surface area contributed by atoms with Crippen LogP contribution < -0.4 is 5.32 Å². The normalized spacial score (nSPS) is 33.7. The largest absolute Gasteiger partial charge is 0.394 e. The number of unbranched alkanes of at least 4 members (excludes halogenated alkanes) is 16. The van der Waals surface area contributed by atoms with Gasteiger partial charge >= 0.3 is 0 Å². The first-order chi connectivity index (χ1) is 32.3. The van der Waals surface area contributed by atoms with Crippen LogP contribution in [0.25, 0.3) is 0 Å². The van der Waals surface area contributed by atoms with E-state index in [-0.39, 0.29) is 18.9 Å². The molecule has 3 aliphatic heterocycles. The molecule has 0 aliphatic carbocycles. The molecule has 19 nitrogen and oxygen atoms in total. The fourth-order valence-electron chi connectivity index (χ4n) is 8.48. The third-order valence-electron chi connectivity index (χ3n) is 12.7. The van der Waals surface area contributed by atoms with Gasteiger partial charge in [0.2, 0.25) is 5.91 Å². The van der Waals surface area contributed by atoms with Crippen LogP contribution in [0.4, 0.5) is 0 Å². The minimum Gasteiger partial charge on any atom is -0.394 e. The number of hydrogen-bond donors (Lipinski definition) is 12. The van der Waals surface area contributed by atoms with E-state index in [9.17, 15) is 61.0 Å². The van der Waals surface area contributed by atoms with E-state index in [0.717, 1.165) is 57.8 Å². The molecule has 17 atom stereocenters. The molecule has 1 amide bonds. The minimum absolute atomic E-state index is 0.237. The molecule has 17 unspecified atom stereocenters. The molecule has 19 heteroatoms. The highest BCUT2D eigenvalue weighted by Crippen LogP contribution is 2.33. The SMILES string of the molecule is CCCCC/C=C/C(O)C(COC1OC(CO)C(OC2OC(CO)C(OC3OC(CO)C(O)C(O)C3O)C(O)C2O)C(O)C1O)NC(=O)CCCCCCCCC/C=C\CCCCCCCC. The Kier molecular flexibility index (Phi) is 30.0. The number of carbonyl (C=O) groups is 1. The molecule has 0 spiro atoms. The lowest BCUT2D eigenvalue weighted by Gasteiger charge is -2.48. The van der Waals surface area contributed by atoms with Crippen LogP contribution in [0.1, 0.15) is 142 Å². The highest BCUT2D eigenvalue weighted by atomic mass is 16.8. The van der Waals surface area contributed by atoms with Gasteiger partial charge in [-0.3, -0.25) is 4.79 Å². The Morgan fingerprint density at radius 3 is 1.48 bits per heavy atom. The Morgan fingerprint density at radius 2 is 0.940 bits per heavy atom. The molecule has 12 N–H and O–H groups in total. The lowest BCUT2D eigenvalue weighted by atomic mass is 9.96. The fourth-order valence-corrected chi connectivity index (χ4v) is 8.48. The Balaban J connectivity index is 1.50. The lowest BCUT2D eigenvalue weighted by Crippen LogP contribution is -2.66. The zero-order valence-electron chi connectivity index (χ0n) is 39.9. The molecule has 3 saturated heterocycles. The van der Waals surface area contributed by atoms with Gasteiger partial charge in [-0.25, -0.2) is 0 Å². The van der Waals surface area contributed by atoms with Crippen molar-refractivity contribution in [3.8, 4) is 0 Å². The van der Waals surface area contributed by atoms with Gasteiger partial charge in [-0.15, -0.1) is 0 Å². The van der Waals surface area contributed by atoms with E-state index in [4.69, 9.17) is 28.4 Å². The summed E-state index contributed by atoms with van der Waals surface area (Å²) in [4.78, 5) is 13.1. The summed E-state index contributed by atoms with van der Waals surface area (Å²) in [6.07, 6.45) is 2.53. The molecule has 3 rings (SSSR count). The second-order valence-electron chi connectivity index (χ2n) is 18.3. The van der Waals surface area contributed by atoms with Crippen LogP contribution in [-0.2, 0) is 33.2 Å². The zero-order chi connectivity index (χ0) is 49.1. The van der Waals surface area contributed by atoms with Crippen LogP contribution in [0.2, 0.25) is 0 Å². The fraction of sp³-hybridized carbons (Fsp3) is 0.896. The smallest absolute Gasteiger partial charge is 0.220 e. The third kappa shape index (κ3) is 20.1. The number of rotatable bonds is 34. The Hall–Kier alpha value is -1.73. The average Bonchev–Trinajstić information content (AvgIpc) is 3.32. The molecule has 0 bridgehead atoms. The Labute approximate surface area is 397 Å². The van der Waals surface area contributed by atoms with E-state index >= 15 is 0 Å². The van der Waals surface area contributed by atoms with Crippen LogP contribution in [0.3, 0.4) is 0 Å². The summed E-state index contributed by atoms with van der Waals surface area (Å²) in [6, 6.07) is -0.968. The number of aliphatic hydroxyl groups excluding tert-OH is 11. The van der Waals surface area contributed by atoms with Crippen molar-refractivity contribution in [1.29, 1.82) is 0 Å². The van der Waals surface area contributed by atoms with E-state index in [1.54, 1.807) is 6.08 Å². The summed E-state index contributed by atoms with van der Waals surface area (Å²) in [7, 11) is 0. The second-order valence-corrected chi connectivity index (χ2v) is 18.3. The third-order valence-corrected chi connectivity index (χ3v) is 12.7. The lowest BCUT2D eigenvalue weighted by molar-refractivity contribution is -0.379. The first kappa shape index (κ1) is 59.6. The van der Waals surface area contributed by atoms with Gasteiger partial charge in [0, 0.05) is 6.42 Å². The molecule has 3 fully saturated rings. The molecule has 0 aromatic heterocycles. The van der Waals surface area contributed by atoms with Crippen molar-refractivity contribution in [3.63, 3.8) is 0 Å². The van der Waals surface area contributed by atoms with Gasteiger partial charge in [0.1, 0.15) is 73.2 Å². The van der Waals surface area contributed by atoms with Crippen LogP contribution >= 0.6 is 0 Å². The summed E-state index contributed by atoms with van der Waals surface area (Å²) < 4.78 is 33.9. The van der Waals surface area contributed by atoms with Gasteiger partial charge in [-0.1, -0.05) is 115 Å². The van der Waals surface area contributed by atoms with Gasteiger partial charge in [0.05, 0.1) is 38.6 Å². The Bertz CT molecular complexity index is 1340. The average molecular weight is 966 g/mol. The molecule has 0 aromatic rings. The van der Waals surface area contributed by atoms with Crippen LogP contribution in [0, 0.1) is 0 Å². The number of hydrogen-bond acceptors (Lipinski definition) is 18. The van der Waals surface area contributed by atoms with Crippen molar-refractivity contribution in [1.82, 2.24) is 5.32 Å². The number of allylic oxidation sites excluding steroid dienone is 3. The highest BCUT2D eigenvalue weighted by molar-refractivity contribution is 5.76. The van der Waals surface area contributed by atoms with Crippen LogP contribution in [0.15, 0.2) is 24.3 Å². The Morgan fingerprint density at radius 1 is 0.522 bits per heavy atom. The van der Waals surface area contributed by atoms with E-state index in [1.165, 1.54) is 57.8 Å². The number of amides is 1. The van der Waals surface area contributed by atoms with Crippen molar-refractivity contribution in [3.05, 3.63) is 24.3 Å². The summed E-state index contributed by atoms with van der Waals surface area (Å²) in [6.45, 7) is 1.55. The van der Waals surface area contributed by atoms with E-state index in [1.807, 2.05) is 6.08 Å². The molecule has 3 aliphatic rings. The van der Waals surface area contributed by atoms with Gasteiger partial charge in [-0.05, 0) is 44.9 Å². The molecule has 67 heavy (non-hydrogen) atoms. The highest BCUT2D eigenvalue weighted by Gasteiger charge is 2.53. The number of nitrogens with one attached hydrogen (secondary N) is 1. The second kappa shape index (κ2) is 33.8. The quantitative estimate of drug-likeness (QED) is 0.0319. The minimum atomic E-state index is -1.97. The van der Waals surface area contributed by atoms with E-state index < -0.39 is 124 Å². The first-order valence-electron chi connectivity index (χ1n) is 25.1. The van der Waals surface area contributed by atoms with Gasteiger partial charge in [0.25, 0.3) is 0 Å². The summed E-state index contributed by atoms with van der Waals surface area (Å²) >= 11 is 0. The first-order valence-corrected chi connectivity index (χ1v) is 25.1. The number of ether oxygens (including phenoxy) is 6. The molecular weight excluding hydrogens is 879 g/mol. The molecule has 0 radical (unpaired) electrons. The molecule has 0 saturated carbocycles. The monoisotopic (exact) mass is 966 g/mol. The van der Waals surface area contributed by atoms with Gasteiger partial charge < -0.3 is 89.9 Å². The maximum atomic E-state index is 13.1. The summed E-state index contributed by atoms with van der Waals surface area (Å²) in [5.41, 5.74) is 0. The van der Waals surface area contributed by atoms with Crippen molar-refractivity contribution in [2.45, 2.75) is 247 Å². The van der Waals surface area contributed by atoms with E-state index in [2.05, 4.69) is 31.3 Å². The standard InChI is InChI=1S/C48H87NO18/c1-3-5-7-9-10-11-12-13-14-15-16-17-18-19-20-22-24-26-36(54)49-31(32(53)25-23-21-8-6-4-2)30-62-46-42(60)39(57)44(34(28-51)64-46)67-48-43(61)40(58)45(35(29-52)65-48)66-47-41(59)38(56)37(55)33(27-50)63-47/h13-14,23,25,31-35,37-48,50-53,55-61H,3-12,15-22,24,26-30H2,1-2H3,(H,49,54)/b14-13-,25-23+. The molecule has 0 aromatic carbocycles. The molecular formula is C48H87NO18. The number of aliphatic hydroxyl groups is 11. The van der Waals surface area contributed by atoms with Crippen molar-refractivity contribution < 1.29 is 89.4 Å². The predicted octanol–water partition coefficient (Wildman–Crippen LogP) is 1.25. The van der Waals surface area contributed by atoms with Crippen LogP contribution in [0.5, 0.6) is 0 Å². The molecule has 392 valence electrons. The zero-order valence-corrected chi connectivity index (χ0v) is 39.9. The molecule has 3 heterocycles. The number of carbonyl (C=O) groups excluding carboxylic acids is 1. The van der Waals surface area contributed by atoms with Crippen molar-refractivity contribution >= 4 is 5.91 Å². The van der Waals surface area contributed by atoms with Crippen molar-refractivity contribution in [2.24, 2.45) is 0 Å². The van der Waals surface area contributed by atoms with E-state index in [0.29, 0.717) is 6.42 Å². The predicted molar refractivity (Wildman–Crippen MR) is 245 cm³/mol. The van der Waals surface area contributed by atoms with Crippen molar-refractivity contribution in [2.75, 3.05) is 26.4 Å². The topological polar surface area (TPSA) is 307 Å². The van der Waals surface area contributed by atoms with Crippen LogP contribution in [-0.4, -0.2) is 193 Å².